The molecule has 90 valence electrons. The van der Waals surface area contributed by atoms with Crippen LogP contribution in [0.25, 0.3) is 0 Å². The maximum Gasteiger partial charge on any atom is 0.236 e. The van der Waals surface area contributed by atoms with E-state index in [4.69, 9.17) is 5.26 Å². The summed E-state index contributed by atoms with van der Waals surface area (Å²) >= 11 is 0. The Kier molecular flexibility index (Phi) is 5.27. The number of likely N-dealkylation sites (N-methyl/N-ethyl adjacent to an activating group) is 1. The minimum atomic E-state index is 0.00266. The molecule has 0 aromatic rings. The smallest absolute Gasteiger partial charge is 0.236 e. The normalized spacial score (nSPS) is 18.1. The van der Waals surface area contributed by atoms with Crippen LogP contribution in [0, 0.1) is 11.3 Å². The first-order valence-electron chi connectivity index (χ1n) is 6.01. The third kappa shape index (κ3) is 3.82. The van der Waals surface area contributed by atoms with Crippen molar-refractivity contribution >= 4 is 5.91 Å². The lowest BCUT2D eigenvalue weighted by atomic mass is 10.2. The standard InChI is InChI=1S/C12H21N3O/c1-10(7-8-13)15(2)12(16)9-14-11-5-3-4-6-11/h10-11,14H,3-7,9H2,1-2H3. The molecule has 0 radical (unpaired) electrons. The molecule has 1 atom stereocenters. The van der Waals surface area contributed by atoms with Crippen LogP contribution >= 0.6 is 0 Å². The van der Waals surface area contributed by atoms with Gasteiger partial charge in [-0.2, -0.15) is 5.26 Å². The molecule has 4 nitrogen and oxygen atoms in total. The van der Waals surface area contributed by atoms with Gasteiger partial charge in [0.05, 0.1) is 19.0 Å². The quantitative estimate of drug-likeness (QED) is 0.764. The molecule has 0 heterocycles. The van der Waals surface area contributed by atoms with Crippen LogP contribution < -0.4 is 5.32 Å². The van der Waals surface area contributed by atoms with Gasteiger partial charge >= 0.3 is 0 Å². The van der Waals surface area contributed by atoms with E-state index in [1.165, 1.54) is 25.7 Å². The topological polar surface area (TPSA) is 56.1 Å². The van der Waals surface area contributed by atoms with Gasteiger partial charge in [0.25, 0.3) is 0 Å². The number of amides is 1. The molecule has 1 aliphatic carbocycles. The molecule has 1 rings (SSSR count). The molecule has 0 saturated heterocycles. The van der Waals surface area contributed by atoms with Crippen LogP contribution in [-0.2, 0) is 4.79 Å². The maximum atomic E-state index is 11.8. The van der Waals surface area contributed by atoms with E-state index in [9.17, 15) is 4.79 Å². The number of nitrogens with zero attached hydrogens (tertiary/aromatic N) is 2. The lowest BCUT2D eigenvalue weighted by Gasteiger charge is -2.24. The second-order valence-corrected chi connectivity index (χ2v) is 4.58. The Bertz CT molecular complexity index is 266. The second kappa shape index (κ2) is 6.49. The molecule has 0 bridgehead atoms. The number of carbonyl (C=O) groups is 1. The molecule has 0 aromatic carbocycles. The molecule has 1 unspecified atom stereocenters. The van der Waals surface area contributed by atoms with Crippen LogP contribution in [0.3, 0.4) is 0 Å². The average molecular weight is 223 g/mol. The number of nitriles is 1. The second-order valence-electron chi connectivity index (χ2n) is 4.58. The largest absolute Gasteiger partial charge is 0.341 e. The molecule has 16 heavy (non-hydrogen) atoms. The van der Waals surface area contributed by atoms with Gasteiger partial charge in [-0.3, -0.25) is 4.79 Å². The molecule has 1 aliphatic rings. The first-order chi connectivity index (χ1) is 7.65. The summed E-state index contributed by atoms with van der Waals surface area (Å²) in [6.07, 6.45) is 5.31. The van der Waals surface area contributed by atoms with Crippen LogP contribution in [-0.4, -0.2) is 36.5 Å². The predicted octanol–water partition coefficient (Wildman–Crippen LogP) is 1.28. The lowest BCUT2D eigenvalue weighted by molar-refractivity contribution is -0.130. The summed E-state index contributed by atoms with van der Waals surface area (Å²) in [5.41, 5.74) is 0. The van der Waals surface area contributed by atoms with Gasteiger partial charge in [-0.15, -0.1) is 0 Å². The number of hydrogen-bond acceptors (Lipinski definition) is 3. The molecule has 1 fully saturated rings. The van der Waals surface area contributed by atoms with Crippen molar-refractivity contribution < 1.29 is 4.79 Å². The Labute approximate surface area is 97.6 Å². The highest BCUT2D eigenvalue weighted by molar-refractivity contribution is 5.78. The van der Waals surface area contributed by atoms with Gasteiger partial charge in [0.1, 0.15) is 0 Å². The van der Waals surface area contributed by atoms with Crippen molar-refractivity contribution in [2.24, 2.45) is 0 Å². The van der Waals surface area contributed by atoms with E-state index >= 15 is 0 Å². The van der Waals surface area contributed by atoms with Crippen LogP contribution in [0.1, 0.15) is 39.0 Å². The zero-order valence-corrected chi connectivity index (χ0v) is 10.2. The highest BCUT2D eigenvalue weighted by atomic mass is 16.2. The van der Waals surface area contributed by atoms with E-state index in [1.54, 1.807) is 11.9 Å². The van der Waals surface area contributed by atoms with Crippen LogP contribution in [0.5, 0.6) is 0 Å². The summed E-state index contributed by atoms with van der Waals surface area (Å²) in [4.78, 5) is 13.4. The summed E-state index contributed by atoms with van der Waals surface area (Å²) in [5, 5.41) is 11.9. The molecule has 1 amide bonds. The third-order valence-corrected chi connectivity index (χ3v) is 3.34. The Morgan fingerprint density at radius 3 is 2.75 bits per heavy atom. The Morgan fingerprint density at radius 2 is 2.19 bits per heavy atom. The van der Waals surface area contributed by atoms with Gasteiger partial charge in [0.15, 0.2) is 0 Å². The summed E-state index contributed by atoms with van der Waals surface area (Å²) in [5.74, 6) is 0.0784. The molecule has 0 spiro atoms. The lowest BCUT2D eigenvalue weighted by Crippen LogP contribution is -2.42. The number of rotatable bonds is 5. The summed E-state index contributed by atoms with van der Waals surface area (Å²) in [6.45, 7) is 2.30. The molecule has 4 heteroatoms. The third-order valence-electron chi connectivity index (χ3n) is 3.34. The summed E-state index contributed by atoms with van der Waals surface area (Å²) < 4.78 is 0. The highest BCUT2D eigenvalue weighted by Gasteiger charge is 2.18. The zero-order valence-electron chi connectivity index (χ0n) is 10.2. The Morgan fingerprint density at radius 1 is 1.56 bits per heavy atom. The van der Waals surface area contributed by atoms with Crippen molar-refractivity contribution in [2.45, 2.75) is 51.1 Å². The van der Waals surface area contributed by atoms with E-state index in [0.29, 0.717) is 19.0 Å². The summed E-state index contributed by atoms with van der Waals surface area (Å²) in [7, 11) is 1.76. The van der Waals surface area contributed by atoms with Gasteiger partial charge < -0.3 is 10.2 Å². The Hall–Kier alpha value is -1.08. The number of carbonyl (C=O) groups excluding carboxylic acids is 1. The monoisotopic (exact) mass is 223 g/mol. The fourth-order valence-corrected chi connectivity index (χ4v) is 2.00. The summed E-state index contributed by atoms with van der Waals surface area (Å²) in [6, 6.07) is 2.61. The fourth-order valence-electron chi connectivity index (χ4n) is 2.00. The Balaban J connectivity index is 2.25. The van der Waals surface area contributed by atoms with Crippen molar-refractivity contribution in [3.05, 3.63) is 0 Å². The van der Waals surface area contributed by atoms with Gasteiger partial charge in [-0.05, 0) is 19.8 Å². The molecular weight excluding hydrogens is 202 g/mol. The van der Waals surface area contributed by atoms with E-state index in [2.05, 4.69) is 11.4 Å². The molecule has 0 aliphatic heterocycles. The minimum absolute atomic E-state index is 0.00266. The van der Waals surface area contributed by atoms with E-state index in [1.807, 2.05) is 6.92 Å². The highest BCUT2D eigenvalue weighted by Crippen LogP contribution is 2.17. The van der Waals surface area contributed by atoms with E-state index in [0.717, 1.165) is 0 Å². The van der Waals surface area contributed by atoms with Gasteiger partial charge in [-0.25, -0.2) is 0 Å². The molecule has 1 saturated carbocycles. The van der Waals surface area contributed by atoms with Gasteiger partial charge in [0.2, 0.25) is 5.91 Å². The van der Waals surface area contributed by atoms with Crippen molar-refractivity contribution in [2.75, 3.05) is 13.6 Å². The molecule has 0 aromatic heterocycles. The van der Waals surface area contributed by atoms with Crippen LogP contribution in [0.4, 0.5) is 0 Å². The number of nitrogens with one attached hydrogen (secondary N) is 1. The van der Waals surface area contributed by atoms with Crippen LogP contribution in [0.15, 0.2) is 0 Å². The fraction of sp³-hybridized carbons (Fsp3) is 0.833. The molecular formula is C12H21N3O. The first kappa shape index (κ1) is 13.0. The predicted molar refractivity (Wildman–Crippen MR) is 62.7 cm³/mol. The maximum absolute atomic E-state index is 11.8. The van der Waals surface area contributed by atoms with Crippen molar-refractivity contribution in [1.29, 1.82) is 5.26 Å². The number of hydrogen-bond donors (Lipinski definition) is 1. The SMILES string of the molecule is CC(CC#N)N(C)C(=O)CNC1CCCC1. The first-order valence-corrected chi connectivity index (χ1v) is 6.01. The van der Waals surface area contributed by atoms with Crippen molar-refractivity contribution in [3.8, 4) is 6.07 Å². The van der Waals surface area contributed by atoms with Crippen molar-refractivity contribution in [3.63, 3.8) is 0 Å². The van der Waals surface area contributed by atoms with Crippen LogP contribution in [0.2, 0.25) is 0 Å². The van der Waals surface area contributed by atoms with E-state index in [-0.39, 0.29) is 11.9 Å². The van der Waals surface area contributed by atoms with E-state index < -0.39 is 0 Å². The van der Waals surface area contributed by atoms with Crippen molar-refractivity contribution in [1.82, 2.24) is 10.2 Å². The molecule has 1 N–H and O–H groups in total. The van der Waals surface area contributed by atoms with Gasteiger partial charge in [-0.1, -0.05) is 12.8 Å². The zero-order chi connectivity index (χ0) is 12.0. The average Bonchev–Trinajstić information content (AvgIpc) is 2.78. The minimum Gasteiger partial charge on any atom is -0.341 e. The van der Waals surface area contributed by atoms with Gasteiger partial charge in [0, 0.05) is 19.1 Å².